The Morgan fingerprint density at radius 1 is 1.00 bits per heavy atom. The van der Waals surface area contributed by atoms with Gasteiger partial charge in [-0.1, -0.05) is 35.9 Å². The summed E-state index contributed by atoms with van der Waals surface area (Å²) in [5.41, 5.74) is 1.68. The molecule has 0 unspecified atom stereocenters. The number of imidazole rings is 1. The third-order valence-electron chi connectivity index (χ3n) is 6.87. The summed E-state index contributed by atoms with van der Waals surface area (Å²) >= 11 is 6.12. The average molecular weight is 537 g/mol. The maximum Gasteiger partial charge on any atom is 0.276 e. The molecule has 2 amide bonds. The van der Waals surface area contributed by atoms with E-state index in [9.17, 15) is 14.4 Å². The molecule has 0 atom stereocenters. The second-order valence-electron chi connectivity index (χ2n) is 10.1. The molecule has 10 heteroatoms. The van der Waals surface area contributed by atoms with Crippen LogP contribution in [0.4, 0.5) is 5.69 Å². The van der Waals surface area contributed by atoms with Crippen LogP contribution in [0.2, 0.25) is 5.02 Å². The summed E-state index contributed by atoms with van der Waals surface area (Å²) in [6.07, 6.45) is 1.52. The monoisotopic (exact) mass is 536 g/mol. The van der Waals surface area contributed by atoms with Crippen LogP contribution in [-0.2, 0) is 6.42 Å². The summed E-state index contributed by atoms with van der Waals surface area (Å²) in [4.78, 5) is 49.9. The molecule has 1 fully saturated rings. The van der Waals surface area contributed by atoms with E-state index >= 15 is 0 Å². The van der Waals surface area contributed by atoms with Crippen molar-refractivity contribution in [2.75, 3.05) is 45.1 Å². The number of likely N-dealkylation sites (N-methyl/N-ethyl adjacent to an activating group) is 1. The minimum atomic E-state index is -0.505. The Morgan fingerprint density at radius 2 is 1.68 bits per heavy atom. The highest BCUT2D eigenvalue weighted by atomic mass is 35.5. The van der Waals surface area contributed by atoms with Gasteiger partial charge in [0.2, 0.25) is 0 Å². The van der Waals surface area contributed by atoms with Gasteiger partial charge in [0.05, 0.1) is 11.3 Å². The first-order valence-corrected chi connectivity index (χ1v) is 12.9. The van der Waals surface area contributed by atoms with E-state index in [1.54, 1.807) is 48.5 Å². The second kappa shape index (κ2) is 11.9. The van der Waals surface area contributed by atoms with Crippen molar-refractivity contribution in [3.8, 4) is 0 Å². The first-order chi connectivity index (χ1) is 18.1. The highest BCUT2D eigenvalue weighted by Crippen LogP contribution is 2.19. The summed E-state index contributed by atoms with van der Waals surface area (Å²) in [6.45, 7) is 8.48. The summed E-state index contributed by atoms with van der Waals surface area (Å²) < 4.78 is 0. The van der Waals surface area contributed by atoms with Crippen LogP contribution in [-0.4, -0.2) is 82.7 Å². The van der Waals surface area contributed by atoms with Crippen LogP contribution in [0.5, 0.6) is 0 Å². The Hall–Kier alpha value is -3.53. The van der Waals surface area contributed by atoms with Crippen LogP contribution < -0.4 is 10.6 Å². The van der Waals surface area contributed by atoms with Gasteiger partial charge in [0.15, 0.2) is 11.5 Å². The third kappa shape index (κ3) is 6.66. The van der Waals surface area contributed by atoms with Gasteiger partial charge >= 0.3 is 0 Å². The van der Waals surface area contributed by atoms with E-state index in [0.29, 0.717) is 22.8 Å². The molecule has 0 aliphatic carbocycles. The molecule has 1 aliphatic heterocycles. The van der Waals surface area contributed by atoms with E-state index in [1.165, 1.54) is 6.33 Å². The van der Waals surface area contributed by atoms with E-state index in [4.69, 9.17) is 11.6 Å². The molecule has 200 valence electrons. The summed E-state index contributed by atoms with van der Waals surface area (Å²) in [5, 5.41) is 6.14. The van der Waals surface area contributed by atoms with Crippen LogP contribution in [0.3, 0.4) is 0 Å². The minimum Gasteiger partial charge on any atom is -0.349 e. The molecule has 1 aliphatic rings. The number of carbonyl (C=O) groups excluding carboxylic acids is 3. The van der Waals surface area contributed by atoms with Gasteiger partial charge in [0.25, 0.3) is 11.8 Å². The van der Waals surface area contributed by atoms with Crippen molar-refractivity contribution in [1.82, 2.24) is 25.1 Å². The van der Waals surface area contributed by atoms with Crippen molar-refractivity contribution in [3.05, 3.63) is 82.4 Å². The number of aromatic amines is 1. The van der Waals surface area contributed by atoms with Gasteiger partial charge in [-0.3, -0.25) is 19.3 Å². The van der Waals surface area contributed by atoms with Gasteiger partial charge in [0.1, 0.15) is 5.69 Å². The lowest BCUT2D eigenvalue weighted by molar-refractivity contribution is 0.0586. The molecule has 3 N–H and O–H groups in total. The van der Waals surface area contributed by atoms with Gasteiger partial charge in [0, 0.05) is 55.9 Å². The fourth-order valence-corrected chi connectivity index (χ4v) is 4.65. The predicted octanol–water partition coefficient (Wildman–Crippen LogP) is 3.50. The Labute approximate surface area is 227 Å². The highest BCUT2D eigenvalue weighted by molar-refractivity contribution is 6.34. The number of piperazine rings is 1. The Kier molecular flexibility index (Phi) is 8.61. The van der Waals surface area contributed by atoms with Crippen molar-refractivity contribution in [3.63, 3.8) is 0 Å². The normalized spacial score (nSPS) is 14.7. The SMILES string of the molecule is CN1CCN(C(C)(C)CNC(=O)c2[nH]cnc2C(=O)Nc2ccc(CC(=O)c3ccccc3Cl)cc2)CC1. The highest BCUT2D eigenvalue weighted by Gasteiger charge is 2.30. The molecule has 0 spiro atoms. The summed E-state index contributed by atoms with van der Waals surface area (Å²) in [5.74, 6) is -0.978. The fourth-order valence-electron chi connectivity index (χ4n) is 4.41. The van der Waals surface area contributed by atoms with E-state index in [2.05, 4.69) is 51.3 Å². The van der Waals surface area contributed by atoms with Crippen LogP contribution >= 0.6 is 11.6 Å². The number of nitrogens with zero attached hydrogens (tertiary/aromatic N) is 3. The molecular formula is C28H33ClN6O3. The van der Waals surface area contributed by atoms with Crippen molar-refractivity contribution in [2.45, 2.75) is 25.8 Å². The molecule has 3 aromatic rings. The van der Waals surface area contributed by atoms with Gasteiger partial charge in [-0.25, -0.2) is 4.98 Å². The zero-order valence-electron chi connectivity index (χ0n) is 21.9. The molecule has 0 radical (unpaired) electrons. The lowest BCUT2D eigenvalue weighted by Gasteiger charge is -2.43. The quantitative estimate of drug-likeness (QED) is 0.361. The lowest BCUT2D eigenvalue weighted by Crippen LogP contribution is -2.57. The lowest BCUT2D eigenvalue weighted by atomic mass is 10.0. The molecule has 0 saturated carbocycles. The standard InChI is InChI=1S/C28H33ClN6O3/c1-28(2,35-14-12-34(3)13-15-35)17-30-26(37)24-25(32-18-31-24)27(38)33-20-10-8-19(9-11-20)16-23(36)21-6-4-5-7-22(21)29/h4-11,18H,12-17H2,1-3H3,(H,30,37)(H,31,32)(H,33,38). The zero-order chi connectivity index (χ0) is 27.3. The van der Waals surface area contributed by atoms with Crippen LogP contribution in [0.25, 0.3) is 0 Å². The van der Waals surface area contributed by atoms with Gasteiger partial charge in [-0.15, -0.1) is 0 Å². The number of ketones is 1. The third-order valence-corrected chi connectivity index (χ3v) is 7.20. The minimum absolute atomic E-state index is 0.0119. The maximum atomic E-state index is 12.9. The maximum absolute atomic E-state index is 12.9. The second-order valence-corrected chi connectivity index (χ2v) is 10.5. The number of nitrogens with one attached hydrogen (secondary N) is 3. The number of amides is 2. The number of Topliss-reactive ketones (excluding diaryl/α,β-unsaturated/α-hetero) is 1. The number of rotatable bonds is 9. The number of H-pyrrole nitrogens is 1. The molecule has 2 heterocycles. The summed E-state index contributed by atoms with van der Waals surface area (Å²) in [6, 6.07) is 13.9. The Bertz CT molecular complexity index is 1300. The van der Waals surface area contributed by atoms with E-state index < -0.39 is 5.91 Å². The van der Waals surface area contributed by atoms with E-state index in [-0.39, 0.29) is 35.0 Å². The fraction of sp³-hybridized carbons (Fsp3) is 0.357. The first kappa shape index (κ1) is 27.5. The number of hydrogen-bond acceptors (Lipinski definition) is 6. The number of benzene rings is 2. The molecule has 4 rings (SSSR count). The first-order valence-electron chi connectivity index (χ1n) is 12.6. The van der Waals surface area contributed by atoms with Crippen LogP contribution in [0.15, 0.2) is 54.9 Å². The Balaban J connectivity index is 1.34. The van der Waals surface area contributed by atoms with Crippen molar-refractivity contribution in [1.29, 1.82) is 0 Å². The Morgan fingerprint density at radius 3 is 2.37 bits per heavy atom. The largest absolute Gasteiger partial charge is 0.349 e. The number of anilines is 1. The van der Waals surface area contributed by atoms with Gasteiger partial charge in [-0.05, 0) is 50.7 Å². The van der Waals surface area contributed by atoms with Crippen LogP contribution in [0, 0.1) is 0 Å². The van der Waals surface area contributed by atoms with Crippen LogP contribution in [0.1, 0.15) is 50.7 Å². The molecule has 1 aromatic heterocycles. The number of halogens is 1. The summed E-state index contributed by atoms with van der Waals surface area (Å²) in [7, 11) is 2.11. The zero-order valence-corrected chi connectivity index (χ0v) is 22.6. The molecule has 2 aromatic carbocycles. The molecule has 9 nitrogen and oxygen atoms in total. The average Bonchev–Trinajstić information content (AvgIpc) is 3.39. The number of hydrogen-bond donors (Lipinski definition) is 3. The molecular weight excluding hydrogens is 504 g/mol. The molecule has 0 bridgehead atoms. The van der Waals surface area contributed by atoms with Crippen molar-refractivity contribution in [2.24, 2.45) is 0 Å². The van der Waals surface area contributed by atoms with E-state index in [1.807, 2.05) is 0 Å². The van der Waals surface area contributed by atoms with Gasteiger partial charge < -0.3 is 20.5 Å². The van der Waals surface area contributed by atoms with Crippen molar-refractivity contribution < 1.29 is 14.4 Å². The smallest absolute Gasteiger partial charge is 0.276 e. The molecule has 1 saturated heterocycles. The topological polar surface area (TPSA) is 110 Å². The predicted molar refractivity (Wildman–Crippen MR) is 148 cm³/mol. The van der Waals surface area contributed by atoms with Gasteiger partial charge in [-0.2, -0.15) is 0 Å². The number of aromatic nitrogens is 2. The molecule has 38 heavy (non-hydrogen) atoms. The van der Waals surface area contributed by atoms with E-state index in [0.717, 1.165) is 31.7 Å². The number of carbonyl (C=O) groups is 3. The van der Waals surface area contributed by atoms with Crippen molar-refractivity contribution >= 4 is 34.9 Å².